The normalized spacial score (nSPS) is 32.2. The minimum absolute atomic E-state index is 0.0323. The van der Waals surface area contributed by atoms with Gasteiger partial charge in [-0.1, -0.05) is 19.1 Å². The minimum Gasteiger partial charge on any atom is -0.508 e. The molecule has 0 bridgehead atoms. The van der Waals surface area contributed by atoms with Gasteiger partial charge in [-0.25, -0.2) is 18.4 Å². The largest absolute Gasteiger partial charge is 0.508 e. The molecule has 0 spiro atoms. The molecule has 0 aromatic heterocycles. The van der Waals surface area contributed by atoms with Gasteiger partial charge in [-0.3, -0.25) is 0 Å². The molecule has 6 nitrogen and oxygen atoms in total. The van der Waals surface area contributed by atoms with Crippen LogP contribution in [-0.4, -0.2) is 25.6 Å². The molecular formula is C27H31NO5S. The van der Waals surface area contributed by atoms with Crippen molar-refractivity contribution in [3.8, 4) is 5.75 Å². The van der Waals surface area contributed by atoms with E-state index in [4.69, 9.17) is 9.88 Å². The summed E-state index contributed by atoms with van der Waals surface area (Å²) >= 11 is 0. The number of carbonyl (C=O) groups excluding carboxylic acids is 1. The lowest BCUT2D eigenvalue weighted by Gasteiger charge is -2.55. The van der Waals surface area contributed by atoms with Crippen molar-refractivity contribution in [1.82, 2.24) is 0 Å². The van der Waals surface area contributed by atoms with Crippen LogP contribution in [0.3, 0.4) is 0 Å². The molecule has 0 amide bonds. The highest BCUT2D eigenvalue weighted by Gasteiger charge is 2.58. The van der Waals surface area contributed by atoms with Crippen LogP contribution in [0.25, 0.3) is 0 Å². The predicted molar refractivity (Wildman–Crippen MR) is 129 cm³/mol. The van der Waals surface area contributed by atoms with Gasteiger partial charge in [0.25, 0.3) is 0 Å². The van der Waals surface area contributed by atoms with E-state index in [1.807, 2.05) is 6.07 Å². The third kappa shape index (κ3) is 3.66. The van der Waals surface area contributed by atoms with Crippen LogP contribution in [0.5, 0.6) is 5.75 Å². The Kier molecular flexibility index (Phi) is 5.41. The summed E-state index contributed by atoms with van der Waals surface area (Å²) in [7, 11) is -3.81. The first kappa shape index (κ1) is 23.1. The zero-order valence-electron chi connectivity index (χ0n) is 19.4. The number of esters is 1. The molecule has 3 aliphatic rings. The first-order valence-electron chi connectivity index (χ1n) is 11.9. The molecule has 0 radical (unpaired) electrons. The number of phenols is 1. The molecule has 180 valence electrons. The number of hydrogen-bond acceptors (Lipinski definition) is 5. The van der Waals surface area contributed by atoms with E-state index >= 15 is 0 Å². The summed E-state index contributed by atoms with van der Waals surface area (Å²) in [5.74, 6) is 0.692. The maximum absolute atomic E-state index is 12.8. The van der Waals surface area contributed by atoms with Gasteiger partial charge in [0, 0.05) is 5.41 Å². The fraction of sp³-hybridized carbons (Fsp3) is 0.444. The number of nitrogens with two attached hydrogens (primary N) is 1. The number of carbonyl (C=O) groups is 1. The van der Waals surface area contributed by atoms with Gasteiger partial charge in [0.2, 0.25) is 10.0 Å². The van der Waals surface area contributed by atoms with Crippen molar-refractivity contribution in [3.05, 3.63) is 71.8 Å². The number of benzene rings is 2. The van der Waals surface area contributed by atoms with Gasteiger partial charge in [-0.05, 0) is 103 Å². The molecule has 5 atom stereocenters. The lowest BCUT2D eigenvalue weighted by atomic mass is 9.49. The Morgan fingerprint density at radius 2 is 1.91 bits per heavy atom. The Labute approximate surface area is 200 Å². The Morgan fingerprint density at radius 3 is 2.59 bits per heavy atom. The SMILES string of the molecule is C=C[C@]12CC[C@]3(C)C[C@H](OC(=O)c4ccc(S(N)(=O)=O)cc4)CC3C1CCc1cc(O)ccc12. The zero-order valence-corrected chi connectivity index (χ0v) is 20.2. The van der Waals surface area contributed by atoms with Crippen LogP contribution in [0.2, 0.25) is 0 Å². The summed E-state index contributed by atoms with van der Waals surface area (Å²) in [6.07, 6.45) is 7.56. The standard InChI is InChI=1S/C27H31NO5S/c1-3-27-13-12-26(2)16-20(33-25(30)17-4-8-21(9-5-17)34(28,31)32)15-24(26)23(27)10-6-18-14-19(29)7-11-22(18)27/h3-5,7-9,11,14,20,23-24,29H,1,6,10,12-13,15-16H2,2H3,(H2,28,31,32)/t20-,23?,24?,26-,27-/m1/s1. The highest BCUT2D eigenvalue weighted by atomic mass is 32.2. The number of ether oxygens (including phenoxy) is 1. The number of fused-ring (bicyclic) bond motifs is 5. The lowest BCUT2D eigenvalue weighted by molar-refractivity contribution is 0.0267. The van der Waals surface area contributed by atoms with Crippen molar-refractivity contribution < 1.29 is 23.1 Å². The van der Waals surface area contributed by atoms with E-state index in [2.05, 4.69) is 25.6 Å². The molecule has 3 N–H and O–H groups in total. The Morgan fingerprint density at radius 1 is 1.18 bits per heavy atom. The quantitative estimate of drug-likeness (QED) is 0.495. The number of allylic oxidation sites excluding steroid dienone is 1. The van der Waals surface area contributed by atoms with E-state index < -0.39 is 16.0 Å². The van der Waals surface area contributed by atoms with Gasteiger partial charge < -0.3 is 9.84 Å². The average molecular weight is 482 g/mol. The van der Waals surface area contributed by atoms with Gasteiger partial charge in [-0.2, -0.15) is 0 Å². The monoisotopic (exact) mass is 481 g/mol. The minimum atomic E-state index is -3.81. The highest BCUT2D eigenvalue weighted by molar-refractivity contribution is 7.89. The fourth-order valence-corrected chi connectivity index (χ4v) is 7.61. The maximum Gasteiger partial charge on any atom is 0.338 e. The number of sulfonamides is 1. The molecule has 3 aliphatic carbocycles. The summed E-state index contributed by atoms with van der Waals surface area (Å²) in [4.78, 5) is 12.8. The van der Waals surface area contributed by atoms with Crippen LogP contribution in [0.4, 0.5) is 0 Å². The molecule has 34 heavy (non-hydrogen) atoms. The number of rotatable bonds is 4. The van der Waals surface area contributed by atoms with Gasteiger partial charge in [0.1, 0.15) is 11.9 Å². The second-order valence-electron chi connectivity index (χ2n) is 10.5. The number of primary sulfonamides is 1. The summed E-state index contributed by atoms with van der Waals surface area (Å²) in [5.41, 5.74) is 2.79. The Hall–Kier alpha value is -2.64. The molecule has 2 fully saturated rings. The molecule has 2 unspecified atom stereocenters. The van der Waals surface area contributed by atoms with Crippen molar-refractivity contribution >= 4 is 16.0 Å². The number of phenolic OH excluding ortho intramolecular Hbond substituents is 1. The molecule has 0 aliphatic heterocycles. The van der Waals surface area contributed by atoms with Crippen LogP contribution in [-0.2, 0) is 26.6 Å². The first-order chi connectivity index (χ1) is 16.1. The maximum atomic E-state index is 12.8. The van der Waals surface area contributed by atoms with Gasteiger partial charge in [0.15, 0.2) is 0 Å². The summed E-state index contributed by atoms with van der Waals surface area (Å²) in [5, 5.41) is 15.1. The van der Waals surface area contributed by atoms with Gasteiger partial charge in [-0.15, -0.1) is 6.58 Å². The predicted octanol–water partition coefficient (Wildman–Crippen LogP) is 4.46. The van der Waals surface area contributed by atoms with Crippen molar-refractivity contribution in [3.63, 3.8) is 0 Å². The third-order valence-electron chi connectivity index (χ3n) is 8.73. The number of hydrogen-bond donors (Lipinski definition) is 2. The van der Waals surface area contributed by atoms with Crippen molar-refractivity contribution in [2.45, 2.75) is 61.9 Å². The molecule has 0 saturated heterocycles. The van der Waals surface area contributed by atoms with Crippen molar-refractivity contribution in [1.29, 1.82) is 0 Å². The van der Waals surface area contributed by atoms with Crippen LogP contribution in [0.15, 0.2) is 60.0 Å². The van der Waals surface area contributed by atoms with Crippen LogP contribution in [0.1, 0.15) is 60.5 Å². The van der Waals surface area contributed by atoms with E-state index in [1.165, 1.54) is 35.4 Å². The van der Waals surface area contributed by atoms with Crippen molar-refractivity contribution in [2.75, 3.05) is 0 Å². The molecule has 2 aromatic carbocycles. The van der Waals surface area contributed by atoms with Gasteiger partial charge >= 0.3 is 5.97 Å². The Bertz CT molecular complexity index is 1250. The van der Waals surface area contributed by atoms with E-state index in [9.17, 15) is 18.3 Å². The average Bonchev–Trinajstić information content (AvgIpc) is 3.13. The van der Waals surface area contributed by atoms with E-state index in [1.54, 1.807) is 6.07 Å². The van der Waals surface area contributed by atoms with E-state index in [0.717, 1.165) is 38.5 Å². The molecule has 2 aromatic rings. The summed E-state index contributed by atoms with van der Waals surface area (Å²) in [6.45, 7) is 6.57. The molecule has 7 heteroatoms. The smallest absolute Gasteiger partial charge is 0.338 e. The first-order valence-corrected chi connectivity index (χ1v) is 13.4. The van der Waals surface area contributed by atoms with E-state index in [0.29, 0.717) is 23.1 Å². The molecule has 2 saturated carbocycles. The van der Waals surface area contributed by atoms with Crippen LogP contribution >= 0.6 is 0 Å². The van der Waals surface area contributed by atoms with Crippen LogP contribution in [0, 0.1) is 17.3 Å². The second kappa shape index (κ2) is 7.95. The number of aromatic hydroxyl groups is 1. The molecular weight excluding hydrogens is 450 g/mol. The number of aryl methyl sites for hydroxylation is 1. The topological polar surface area (TPSA) is 107 Å². The molecule has 0 heterocycles. The fourth-order valence-electron chi connectivity index (χ4n) is 7.10. The van der Waals surface area contributed by atoms with Gasteiger partial charge in [0.05, 0.1) is 10.5 Å². The van der Waals surface area contributed by atoms with Crippen LogP contribution < -0.4 is 5.14 Å². The third-order valence-corrected chi connectivity index (χ3v) is 9.66. The summed E-state index contributed by atoms with van der Waals surface area (Å²) in [6, 6.07) is 11.3. The lowest BCUT2D eigenvalue weighted by Crippen LogP contribution is -2.49. The Balaban J connectivity index is 1.37. The summed E-state index contributed by atoms with van der Waals surface area (Å²) < 4.78 is 28.9. The zero-order chi connectivity index (χ0) is 24.3. The van der Waals surface area contributed by atoms with Crippen molar-refractivity contribution in [2.24, 2.45) is 22.4 Å². The molecule has 5 rings (SSSR count). The second-order valence-corrected chi connectivity index (χ2v) is 12.1. The van der Waals surface area contributed by atoms with E-state index in [-0.39, 0.29) is 21.8 Å². The highest BCUT2D eigenvalue weighted by Crippen LogP contribution is 2.64.